The van der Waals surface area contributed by atoms with E-state index in [1.54, 1.807) is 23.0 Å². The molecule has 5 aromatic carbocycles. The van der Waals surface area contributed by atoms with Gasteiger partial charge in [-0.3, -0.25) is 9.59 Å². The van der Waals surface area contributed by atoms with Crippen molar-refractivity contribution in [1.29, 1.82) is 0 Å². The van der Waals surface area contributed by atoms with E-state index in [1.807, 2.05) is 212 Å². The number of hydrogen-bond donors (Lipinski definition) is 2. The van der Waals surface area contributed by atoms with Crippen LogP contribution in [0.1, 0.15) is 146 Å². The number of aliphatic hydroxyl groups excluding tert-OH is 1. The number of rotatable bonds is 4. The van der Waals surface area contributed by atoms with Crippen LogP contribution < -0.4 is 11.2 Å². The first kappa shape index (κ1) is 65.1. The fourth-order valence-electron chi connectivity index (χ4n) is 5.79. The molecule has 380 valence electrons. The largest absolute Gasteiger partial charge is 0.507 e. The Labute approximate surface area is 419 Å². The molecule has 3 aromatic heterocycles. The molecule has 0 unspecified atom stereocenters. The predicted molar refractivity (Wildman–Crippen MR) is 299 cm³/mol. The number of ketones is 1. The molecule has 8 aromatic rings. The Balaban J connectivity index is 0. The zero-order valence-corrected chi connectivity index (χ0v) is 45.3. The first-order valence-corrected chi connectivity index (χ1v) is 25.4. The number of aromatic amines is 1. The SMILES string of the molecule is CC.CC.CC.CC.CC.CCC.CCC1=C(O)c2ccccc2CC1=O.CCc1nc2ccccc2c(=O)[nH]1.CCc1nc2ccccc2c(=O)o1.CCn1nc2ccccc2n1.c1ccccc1. The van der Waals surface area contributed by atoms with Crippen molar-refractivity contribution in [3.8, 4) is 0 Å². The second kappa shape index (κ2) is 41.0. The molecule has 1 aliphatic rings. The lowest BCUT2D eigenvalue weighted by Crippen LogP contribution is -2.15. The molecule has 11 nitrogen and oxygen atoms in total. The van der Waals surface area contributed by atoms with Gasteiger partial charge in [-0.2, -0.15) is 15.0 Å². The quantitative estimate of drug-likeness (QED) is 0.175. The van der Waals surface area contributed by atoms with Gasteiger partial charge in [-0.1, -0.05) is 207 Å². The van der Waals surface area contributed by atoms with E-state index in [-0.39, 0.29) is 22.7 Å². The number of allylic oxidation sites excluding steroid dienone is 1. The zero-order chi connectivity index (χ0) is 53.3. The summed E-state index contributed by atoms with van der Waals surface area (Å²) >= 11 is 0. The summed E-state index contributed by atoms with van der Waals surface area (Å²) in [5.41, 5.74) is 5.34. The average Bonchev–Trinajstić information content (AvgIpc) is 3.87. The van der Waals surface area contributed by atoms with Gasteiger partial charge < -0.3 is 14.5 Å². The summed E-state index contributed by atoms with van der Waals surface area (Å²) in [6.45, 7) is 32.9. The van der Waals surface area contributed by atoms with Crippen molar-refractivity contribution < 1.29 is 14.3 Å². The maximum absolute atomic E-state index is 11.6. The molecule has 70 heavy (non-hydrogen) atoms. The Morgan fingerprint density at radius 2 is 0.957 bits per heavy atom. The lowest BCUT2D eigenvalue weighted by molar-refractivity contribution is -0.115. The smallest absolute Gasteiger partial charge is 0.346 e. The van der Waals surface area contributed by atoms with E-state index in [1.165, 1.54) is 6.42 Å². The van der Waals surface area contributed by atoms with E-state index in [0.29, 0.717) is 47.0 Å². The molecular formula is C59H84N6O5. The van der Waals surface area contributed by atoms with Crippen LogP contribution in [-0.2, 0) is 30.6 Å². The third-order valence-corrected chi connectivity index (χ3v) is 8.76. The number of benzene rings is 5. The summed E-state index contributed by atoms with van der Waals surface area (Å²) in [6, 6.07) is 41.9. The molecular weight excluding hydrogens is 873 g/mol. The number of aromatic nitrogens is 6. The number of carbonyl (C=O) groups is 1. The van der Waals surface area contributed by atoms with Crippen LogP contribution in [0.5, 0.6) is 0 Å². The number of fused-ring (bicyclic) bond motifs is 4. The van der Waals surface area contributed by atoms with Crippen LogP contribution in [0.2, 0.25) is 0 Å². The van der Waals surface area contributed by atoms with Gasteiger partial charge in [0.1, 0.15) is 22.6 Å². The first-order valence-electron chi connectivity index (χ1n) is 25.4. The van der Waals surface area contributed by atoms with Crippen molar-refractivity contribution in [1.82, 2.24) is 29.9 Å². The standard InChI is InChI=1S/C12H12O2.C10H10N2O.C10H9NO2.C8H9N3.C6H6.C3H8.5C2H6/c1-2-9-11(13)7-8-5-3-4-6-10(8)12(9)14;1-2-9-11-8-6-4-3-5-7(8)10(13)12-9;1-2-9-11-8-6-4-3-5-7(8)10(12)13-9;1-2-11-9-7-5-3-4-6-8(7)10-11;1-2-4-6-5-3-1;1-3-2;5*1-2/h3-6,14H,2,7H2,1H3;3-6H,2H2,1H3,(H,11,12,13);3-6H,2H2,1H3;3-6H,2H2,1H3;1-6H;3H2,1-2H3;5*1-2H3. The minimum atomic E-state index is -0.303. The molecule has 0 bridgehead atoms. The molecule has 1 aliphatic carbocycles. The third-order valence-electron chi connectivity index (χ3n) is 8.76. The molecule has 0 atom stereocenters. The van der Waals surface area contributed by atoms with Gasteiger partial charge in [0.05, 0.1) is 28.4 Å². The topological polar surface area (TPSA) is 157 Å². The van der Waals surface area contributed by atoms with Crippen LogP contribution in [0.25, 0.3) is 38.6 Å². The van der Waals surface area contributed by atoms with E-state index in [4.69, 9.17) is 4.42 Å². The number of Topliss-reactive ketones (excluding diaryl/α,β-unsaturated/α-hetero) is 1. The zero-order valence-electron chi connectivity index (χ0n) is 45.3. The third kappa shape index (κ3) is 22.4. The van der Waals surface area contributed by atoms with Crippen LogP contribution in [0.3, 0.4) is 0 Å². The van der Waals surface area contributed by atoms with Crippen molar-refractivity contribution in [2.75, 3.05) is 0 Å². The van der Waals surface area contributed by atoms with Gasteiger partial charge in [0.15, 0.2) is 11.7 Å². The van der Waals surface area contributed by atoms with Gasteiger partial charge in [-0.05, 0) is 55.3 Å². The van der Waals surface area contributed by atoms with Gasteiger partial charge in [-0.15, -0.1) is 0 Å². The van der Waals surface area contributed by atoms with Gasteiger partial charge in [0, 0.05) is 30.4 Å². The minimum Gasteiger partial charge on any atom is -0.507 e. The fourth-order valence-corrected chi connectivity index (χ4v) is 5.79. The van der Waals surface area contributed by atoms with Crippen molar-refractivity contribution in [3.63, 3.8) is 0 Å². The summed E-state index contributed by atoms with van der Waals surface area (Å²) in [6.07, 6.45) is 3.66. The van der Waals surface area contributed by atoms with Crippen molar-refractivity contribution in [3.05, 3.63) is 183 Å². The lowest BCUT2D eigenvalue weighted by Gasteiger charge is -2.17. The predicted octanol–water partition coefficient (Wildman–Crippen LogP) is 15.4. The molecule has 3 heterocycles. The van der Waals surface area contributed by atoms with Crippen molar-refractivity contribution in [2.45, 2.75) is 149 Å². The summed E-state index contributed by atoms with van der Waals surface area (Å²) < 4.78 is 4.97. The maximum atomic E-state index is 11.6. The van der Waals surface area contributed by atoms with Gasteiger partial charge >= 0.3 is 5.63 Å². The number of nitrogens with zero attached hydrogens (tertiary/aromatic N) is 5. The monoisotopic (exact) mass is 957 g/mol. The lowest BCUT2D eigenvalue weighted by atomic mass is 9.88. The average molecular weight is 957 g/mol. The van der Waals surface area contributed by atoms with Crippen LogP contribution >= 0.6 is 0 Å². The van der Waals surface area contributed by atoms with Gasteiger partial charge in [-0.25, -0.2) is 14.8 Å². The molecule has 0 saturated heterocycles. The number of carbonyl (C=O) groups excluding carboxylic acids is 1. The van der Waals surface area contributed by atoms with Crippen LogP contribution in [-0.4, -0.2) is 40.8 Å². The molecule has 9 rings (SSSR count). The molecule has 0 saturated carbocycles. The second-order valence-corrected chi connectivity index (χ2v) is 13.3. The highest BCUT2D eigenvalue weighted by Gasteiger charge is 2.23. The summed E-state index contributed by atoms with van der Waals surface area (Å²) in [5, 5.41) is 19.5. The normalized spacial score (nSPS) is 10.1. The number of nitrogens with one attached hydrogen (secondary N) is 1. The Morgan fingerprint density at radius 3 is 1.41 bits per heavy atom. The molecule has 0 spiro atoms. The highest BCUT2D eigenvalue weighted by molar-refractivity contribution is 6.05. The molecule has 0 aliphatic heterocycles. The van der Waals surface area contributed by atoms with E-state index in [9.17, 15) is 19.5 Å². The number of aliphatic hydroxyl groups is 1. The van der Waals surface area contributed by atoms with E-state index < -0.39 is 0 Å². The Bertz CT molecular complexity index is 2570. The van der Waals surface area contributed by atoms with Crippen LogP contribution in [0.15, 0.2) is 153 Å². The molecule has 2 N–H and O–H groups in total. The van der Waals surface area contributed by atoms with Crippen LogP contribution in [0, 0.1) is 0 Å². The highest BCUT2D eigenvalue weighted by atomic mass is 16.4. The Kier molecular flexibility index (Phi) is 38.1. The number of hydrogen-bond acceptors (Lipinski definition) is 9. The maximum Gasteiger partial charge on any atom is 0.346 e. The second-order valence-electron chi connectivity index (χ2n) is 13.3. The summed E-state index contributed by atoms with van der Waals surface area (Å²) in [7, 11) is 0. The minimum absolute atomic E-state index is 0.0451. The number of H-pyrrole nitrogens is 1. The Morgan fingerprint density at radius 1 is 0.529 bits per heavy atom. The van der Waals surface area contributed by atoms with Crippen LogP contribution in [0.4, 0.5) is 0 Å². The van der Waals surface area contributed by atoms with Crippen molar-refractivity contribution in [2.24, 2.45) is 0 Å². The fraction of sp³-hybridized carbons (Fsp3) is 0.373. The first-order chi connectivity index (χ1) is 34.2. The Hall–Kier alpha value is -7.01. The molecule has 11 heteroatoms. The summed E-state index contributed by atoms with van der Waals surface area (Å²) in [5.74, 6) is 1.44. The van der Waals surface area contributed by atoms with E-state index in [2.05, 4.69) is 39.0 Å². The van der Waals surface area contributed by atoms with E-state index >= 15 is 0 Å². The van der Waals surface area contributed by atoms with Gasteiger partial charge in [0.2, 0.25) is 0 Å². The highest BCUT2D eigenvalue weighted by Crippen LogP contribution is 2.28. The summed E-state index contributed by atoms with van der Waals surface area (Å²) in [4.78, 5) is 47.3. The van der Waals surface area contributed by atoms with E-state index in [0.717, 1.165) is 46.5 Å². The van der Waals surface area contributed by atoms with Gasteiger partial charge in [0.25, 0.3) is 5.56 Å². The number of para-hydroxylation sites is 2. The molecule has 0 radical (unpaired) electrons. The molecule has 0 fully saturated rings. The molecule has 0 amide bonds. The van der Waals surface area contributed by atoms with Crippen molar-refractivity contribution >= 4 is 44.4 Å². The number of aryl methyl sites for hydroxylation is 3.